The van der Waals surface area contributed by atoms with Crippen LogP contribution in [0.3, 0.4) is 0 Å². The molecule has 100 valence electrons. The van der Waals surface area contributed by atoms with Crippen molar-refractivity contribution in [2.45, 2.75) is 23.0 Å². The SMILES string of the molecule is COc1ccc(S(=O)(=O)C2CCN(O)CC2)cc1. The van der Waals surface area contributed by atoms with Gasteiger partial charge in [-0.1, -0.05) is 0 Å². The summed E-state index contributed by atoms with van der Waals surface area (Å²) in [6.07, 6.45) is 0.926. The molecule has 2 rings (SSSR count). The molecule has 1 aliphatic rings. The van der Waals surface area contributed by atoms with Crippen molar-refractivity contribution in [3.8, 4) is 5.75 Å². The third kappa shape index (κ3) is 2.66. The Balaban J connectivity index is 2.19. The number of benzene rings is 1. The Morgan fingerprint density at radius 2 is 1.78 bits per heavy atom. The number of ether oxygens (including phenoxy) is 1. The molecule has 1 N–H and O–H groups in total. The van der Waals surface area contributed by atoms with Crippen molar-refractivity contribution in [1.29, 1.82) is 0 Å². The van der Waals surface area contributed by atoms with Crippen molar-refractivity contribution in [2.24, 2.45) is 0 Å². The zero-order valence-corrected chi connectivity index (χ0v) is 11.1. The second kappa shape index (κ2) is 5.26. The van der Waals surface area contributed by atoms with E-state index in [1.54, 1.807) is 31.4 Å². The predicted octanol–water partition coefficient (Wildman–Crippen LogP) is 1.32. The first-order valence-corrected chi connectivity index (χ1v) is 7.40. The molecule has 18 heavy (non-hydrogen) atoms. The molecular formula is C12H17NO4S. The lowest BCUT2D eigenvalue weighted by molar-refractivity contribution is -0.102. The van der Waals surface area contributed by atoms with E-state index in [0.29, 0.717) is 36.6 Å². The van der Waals surface area contributed by atoms with Gasteiger partial charge in [0.1, 0.15) is 5.75 Å². The normalized spacial score (nSPS) is 18.8. The van der Waals surface area contributed by atoms with Crippen LogP contribution in [0.15, 0.2) is 29.2 Å². The van der Waals surface area contributed by atoms with Gasteiger partial charge in [-0.15, -0.1) is 0 Å². The van der Waals surface area contributed by atoms with Crippen LogP contribution in [0.25, 0.3) is 0 Å². The molecule has 1 aromatic rings. The summed E-state index contributed by atoms with van der Waals surface area (Å²) < 4.78 is 29.7. The summed E-state index contributed by atoms with van der Waals surface area (Å²) in [5.74, 6) is 0.638. The molecular weight excluding hydrogens is 254 g/mol. The summed E-state index contributed by atoms with van der Waals surface area (Å²) in [4.78, 5) is 0.319. The first-order valence-electron chi connectivity index (χ1n) is 5.86. The molecule has 1 aromatic carbocycles. The number of hydrogen-bond acceptors (Lipinski definition) is 5. The monoisotopic (exact) mass is 271 g/mol. The largest absolute Gasteiger partial charge is 0.497 e. The average Bonchev–Trinajstić information content (AvgIpc) is 2.39. The van der Waals surface area contributed by atoms with E-state index in [9.17, 15) is 13.6 Å². The van der Waals surface area contributed by atoms with Crippen molar-refractivity contribution >= 4 is 9.84 Å². The molecule has 1 saturated heterocycles. The van der Waals surface area contributed by atoms with Gasteiger partial charge in [-0.3, -0.25) is 0 Å². The van der Waals surface area contributed by atoms with Crippen LogP contribution in [0, 0.1) is 0 Å². The topological polar surface area (TPSA) is 66.8 Å². The fourth-order valence-corrected chi connectivity index (χ4v) is 3.84. The van der Waals surface area contributed by atoms with E-state index in [-0.39, 0.29) is 0 Å². The second-order valence-corrected chi connectivity index (χ2v) is 6.60. The first-order chi connectivity index (χ1) is 8.54. The molecule has 0 saturated carbocycles. The van der Waals surface area contributed by atoms with Gasteiger partial charge in [0.2, 0.25) is 0 Å². The van der Waals surface area contributed by atoms with Crippen LogP contribution >= 0.6 is 0 Å². The minimum absolute atomic E-state index is 0.319. The molecule has 0 bridgehead atoms. The van der Waals surface area contributed by atoms with E-state index >= 15 is 0 Å². The summed E-state index contributed by atoms with van der Waals surface area (Å²) in [6.45, 7) is 0.806. The molecule has 1 fully saturated rings. The Morgan fingerprint density at radius 1 is 1.22 bits per heavy atom. The van der Waals surface area contributed by atoms with E-state index in [2.05, 4.69) is 0 Å². The van der Waals surface area contributed by atoms with Gasteiger partial charge in [-0.25, -0.2) is 8.42 Å². The van der Waals surface area contributed by atoms with Crippen LogP contribution in [0.1, 0.15) is 12.8 Å². The highest BCUT2D eigenvalue weighted by Gasteiger charge is 2.30. The molecule has 0 atom stereocenters. The van der Waals surface area contributed by atoms with Crippen molar-refractivity contribution in [2.75, 3.05) is 20.2 Å². The molecule has 1 aliphatic heterocycles. The number of nitrogens with zero attached hydrogens (tertiary/aromatic N) is 1. The molecule has 0 spiro atoms. The van der Waals surface area contributed by atoms with Crippen molar-refractivity contribution in [3.05, 3.63) is 24.3 Å². The first kappa shape index (κ1) is 13.3. The van der Waals surface area contributed by atoms with Gasteiger partial charge < -0.3 is 9.94 Å². The lowest BCUT2D eigenvalue weighted by Gasteiger charge is -2.27. The standard InChI is InChI=1S/C12H17NO4S/c1-17-10-2-4-11(5-3-10)18(15,16)12-6-8-13(14)9-7-12/h2-5,12,14H,6-9H2,1H3. The molecule has 6 heteroatoms. The van der Waals surface area contributed by atoms with Gasteiger partial charge in [-0.05, 0) is 37.1 Å². The van der Waals surface area contributed by atoms with Crippen LogP contribution in [-0.4, -0.2) is 44.1 Å². The van der Waals surface area contributed by atoms with Crippen molar-refractivity contribution in [1.82, 2.24) is 5.06 Å². The van der Waals surface area contributed by atoms with E-state index in [4.69, 9.17) is 4.74 Å². The van der Waals surface area contributed by atoms with E-state index in [1.807, 2.05) is 0 Å². The molecule has 0 unspecified atom stereocenters. The zero-order chi connectivity index (χ0) is 13.2. The molecule has 0 radical (unpaired) electrons. The van der Waals surface area contributed by atoms with Gasteiger partial charge in [0, 0.05) is 13.1 Å². The van der Waals surface area contributed by atoms with Crippen LogP contribution < -0.4 is 4.74 Å². The highest BCUT2D eigenvalue weighted by atomic mass is 32.2. The van der Waals surface area contributed by atoms with Gasteiger partial charge in [0.15, 0.2) is 9.84 Å². The van der Waals surface area contributed by atoms with Gasteiger partial charge in [-0.2, -0.15) is 5.06 Å². The van der Waals surface area contributed by atoms with Crippen LogP contribution in [0.4, 0.5) is 0 Å². The van der Waals surface area contributed by atoms with E-state index < -0.39 is 15.1 Å². The maximum atomic E-state index is 12.4. The van der Waals surface area contributed by atoms with Crippen molar-refractivity contribution < 1.29 is 18.4 Å². The quantitative estimate of drug-likeness (QED) is 0.898. The lowest BCUT2D eigenvalue weighted by Crippen LogP contribution is -2.37. The van der Waals surface area contributed by atoms with Gasteiger partial charge in [0.05, 0.1) is 17.3 Å². The summed E-state index contributed by atoms with van der Waals surface area (Å²) in [5.41, 5.74) is 0. The third-order valence-electron chi connectivity index (χ3n) is 3.25. The number of sulfone groups is 1. The number of hydrogen-bond donors (Lipinski definition) is 1. The minimum atomic E-state index is -3.30. The highest BCUT2D eigenvalue weighted by Crippen LogP contribution is 2.25. The Bertz CT molecular complexity index is 489. The van der Waals surface area contributed by atoms with Gasteiger partial charge in [0.25, 0.3) is 0 Å². The van der Waals surface area contributed by atoms with Crippen LogP contribution in [0.5, 0.6) is 5.75 Å². The molecule has 0 amide bonds. The lowest BCUT2D eigenvalue weighted by atomic mass is 10.2. The fraction of sp³-hybridized carbons (Fsp3) is 0.500. The predicted molar refractivity (Wildman–Crippen MR) is 66.6 cm³/mol. The van der Waals surface area contributed by atoms with Crippen LogP contribution in [0.2, 0.25) is 0 Å². The summed E-state index contributed by atoms with van der Waals surface area (Å²) in [5, 5.41) is 10.0. The molecule has 1 heterocycles. The Labute approximate surface area is 107 Å². The Morgan fingerprint density at radius 3 is 2.28 bits per heavy atom. The summed E-state index contributed by atoms with van der Waals surface area (Å²) >= 11 is 0. The van der Waals surface area contributed by atoms with E-state index in [0.717, 1.165) is 0 Å². The number of hydroxylamine groups is 2. The van der Waals surface area contributed by atoms with E-state index in [1.165, 1.54) is 5.06 Å². The zero-order valence-electron chi connectivity index (χ0n) is 10.2. The minimum Gasteiger partial charge on any atom is -0.497 e. The third-order valence-corrected chi connectivity index (χ3v) is 5.52. The Hall–Kier alpha value is -1.11. The smallest absolute Gasteiger partial charge is 0.181 e. The second-order valence-electron chi connectivity index (χ2n) is 4.37. The summed E-state index contributed by atoms with van der Waals surface area (Å²) in [6, 6.07) is 6.43. The molecule has 0 aromatic heterocycles. The highest BCUT2D eigenvalue weighted by molar-refractivity contribution is 7.92. The fourth-order valence-electron chi connectivity index (χ4n) is 2.11. The van der Waals surface area contributed by atoms with Crippen LogP contribution in [-0.2, 0) is 9.84 Å². The summed E-state index contributed by atoms with van der Waals surface area (Å²) in [7, 11) is -1.76. The number of piperidine rings is 1. The Kier molecular flexibility index (Phi) is 3.89. The van der Waals surface area contributed by atoms with Gasteiger partial charge >= 0.3 is 0 Å². The maximum absolute atomic E-state index is 12.4. The number of rotatable bonds is 3. The molecule has 0 aliphatic carbocycles. The maximum Gasteiger partial charge on any atom is 0.181 e. The average molecular weight is 271 g/mol. The molecule has 5 nitrogen and oxygen atoms in total. The number of methoxy groups -OCH3 is 1. The van der Waals surface area contributed by atoms with Crippen molar-refractivity contribution in [3.63, 3.8) is 0 Å².